The van der Waals surface area contributed by atoms with Gasteiger partial charge < -0.3 is 20.1 Å². The molecule has 146 valence electrons. The molecule has 27 heavy (non-hydrogen) atoms. The molecule has 2 aromatic rings. The van der Waals surface area contributed by atoms with Gasteiger partial charge in [-0.25, -0.2) is 0 Å². The standard InChI is InChI=1S/C22H30N2O3/c1-4-6-14-26-21-9-7-8-19(15-21)23-16-22(25)24-18-10-12-20(13-11-18)27-17(3)5-2/h7-13,15,17,23H,4-6,14,16H2,1-3H3,(H,24,25). The van der Waals surface area contributed by atoms with Crippen LogP contribution in [0.3, 0.4) is 0 Å². The predicted molar refractivity (Wildman–Crippen MR) is 111 cm³/mol. The van der Waals surface area contributed by atoms with E-state index in [1.54, 1.807) is 0 Å². The highest BCUT2D eigenvalue weighted by atomic mass is 16.5. The summed E-state index contributed by atoms with van der Waals surface area (Å²) in [5.74, 6) is 1.51. The van der Waals surface area contributed by atoms with Crippen molar-refractivity contribution in [2.45, 2.75) is 46.1 Å². The quantitative estimate of drug-likeness (QED) is 0.541. The summed E-state index contributed by atoms with van der Waals surface area (Å²) >= 11 is 0. The Morgan fingerprint density at radius 2 is 1.81 bits per heavy atom. The number of rotatable bonds is 11. The molecule has 1 unspecified atom stereocenters. The fourth-order valence-corrected chi connectivity index (χ4v) is 2.35. The molecule has 1 atom stereocenters. The van der Waals surface area contributed by atoms with Crippen molar-refractivity contribution in [2.75, 3.05) is 23.8 Å². The number of amides is 1. The Bertz CT molecular complexity index is 701. The lowest BCUT2D eigenvalue weighted by molar-refractivity contribution is -0.114. The van der Waals surface area contributed by atoms with Crippen LogP contribution in [0.2, 0.25) is 0 Å². The van der Waals surface area contributed by atoms with Gasteiger partial charge in [-0.05, 0) is 56.2 Å². The molecule has 0 aliphatic carbocycles. The molecule has 0 aliphatic heterocycles. The lowest BCUT2D eigenvalue weighted by Gasteiger charge is -2.13. The van der Waals surface area contributed by atoms with Gasteiger partial charge >= 0.3 is 0 Å². The third-order valence-corrected chi connectivity index (χ3v) is 4.10. The smallest absolute Gasteiger partial charge is 0.243 e. The van der Waals surface area contributed by atoms with Crippen molar-refractivity contribution in [3.8, 4) is 11.5 Å². The number of unbranched alkanes of at least 4 members (excludes halogenated alkanes) is 1. The van der Waals surface area contributed by atoms with E-state index in [9.17, 15) is 4.79 Å². The van der Waals surface area contributed by atoms with E-state index in [0.717, 1.165) is 42.1 Å². The van der Waals surface area contributed by atoms with Gasteiger partial charge in [0.15, 0.2) is 0 Å². The minimum absolute atomic E-state index is 0.108. The Balaban J connectivity index is 1.79. The Morgan fingerprint density at radius 3 is 2.52 bits per heavy atom. The van der Waals surface area contributed by atoms with Crippen molar-refractivity contribution < 1.29 is 14.3 Å². The third kappa shape index (κ3) is 7.60. The van der Waals surface area contributed by atoms with Gasteiger partial charge in [-0.2, -0.15) is 0 Å². The molecule has 1 amide bonds. The second kappa shape index (κ2) is 11.1. The van der Waals surface area contributed by atoms with Crippen LogP contribution in [0.25, 0.3) is 0 Å². The summed E-state index contributed by atoms with van der Waals surface area (Å²) < 4.78 is 11.4. The minimum Gasteiger partial charge on any atom is -0.494 e. The molecule has 0 bridgehead atoms. The van der Waals surface area contributed by atoms with Gasteiger partial charge in [-0.15, -0.1) is 0 Å². The Morgan fingerprint density at radius 1 is 1.04 bits per heavy atom. The van der Waals surface area contributed by atoms with Crippen molar-refractivity contribution in [3.05, 3.63) is 48.5 Å². The molecule has 0 saturated carbocycles. The van der Waals surface area contributed by atoms with Gasteiger partial charge in [0.1, 0.15) is 11.5 Å². The summed E-state index contributed by atoms with van der Waals surface area (Å²) in [6.07, 6.45) is 3.26. The van der Waals surface area contributed by atoms with Crippen molar-refractivity contribution in [1.82, 2.24) is 0 Å². The number of benzene rings is 2. The number of hydrogen-bond donors (Lipinski definition) is 2. The van der Waals surface area contributed by atoms with E-state index in [0.29, 0.717) is 6.61 Å². The summed E-state index contributed by atoms with van der Waals surface area (Å²) in [5.41, 5.74) is 1.60. The van der Waals surface area contributed by atoms with Crippen LogP contribution in [-0.4, -0.2) is 25.2 Å². The van der Waals surface area contributed by atoms with Crippen LogP contribution in [0.4, 0.5) is 11.4 Å². The summed E-state index contributed by atoms with van der Waals surface area (Å²) in [7, 11) is 0. The van der Waals surface area contributed by atoms with E-state index in [-0.39, 0.29) is 18.6 Å². The van der Waals surface area contributed by atoms with E-state index in [2.05, 4.69) is 24.5 Å². The van der Waals surface area contributed by atoms with Crippen LogP contribution in [-0.2, 0) is 4.79 Å². The zero-order valence-electron chi connectivity index (χ0n) is 16.5. The molecule has 0 heterocycles. The molecule has 0 fully saturated rings. The molecule has 0 saturated heterocycles. The van der Waals surface area contributed by atoms with Crippen LogP contribution < -0.4 is 20.1 Å². The molecular formula is C22H30N2O3. The molecule has 0 radical (unpaired) electrons. The summed E-state index contributed by atoms with van der Waals surface area (Å²) in [6.45, 7) is 7.14. The number of carbonyl (C=O) groups is 1. The lowest BCUT2D eigenvalue weighted by Crippen LogP contribution is -2.21. The van der Waals surface area contributed by atoms with Crippen molar-refractivity contribution in [2.24, 2.45) is 0 Å². The second-order valence-corrected chi connectivity index (χ2v) is 6.49. The van der Waals surface area contributed by atoms with Gasteiger partial charge in [0.2, 0.25) is 5.91 Å². The highest BCUT2D eigenvalue weighted by Crippen LogP contribution is 2.19. The molecule has 5 heteroatoms. The molecule has 0 aliphatic rings. The van der Waals surface area contributed by atoms with Crippen molar-refractivity contribution >= 4 is 17.3 Å². The van der Waals surface area contributed by atoms with E-state index in [1.807, 2.05) is 55.5 Å². The maximum Gasteiger partial charge on any atom is 0.243 e. The van der Waals surface area contributed by atoms with Gasteiger partial charge in [-0.3, -0.25) is 4.79 Å². The molecule has 0 spiro atoms. The van der Waals surface area contributed by atoms with E-state index in [4.69, 9.17) is 9.47 Å². The van der Waals surface area contributed by atoms with Gasteiger partial charge in [0, 0.05) is 17.4 Å². The van der Waals surface area contributed by atoms with Crippen molar-refractivity contribution in [3.63, 3.8) is 0 Å². The Labute approximate surface area is 162 Å². The number of ether oxygens (including phenoxy) is 2. The first kappa shape index (κ1) is 20.6. The summed E-state index contributed by atoms with van der Waals surface area (Å²) in [4.78, 5) is 12.2. The number of hydrogen-bond acceptors (Lipinski definition) is 4. The third-order valence-electron chi connectivity index (χ3n) is 4.10. The van der Waals surface area contributed by atoms with Gasteiger partial charge in [0.05, 0.1) is 19.3 Å². The highest BCUT2D eigenvalue weighted by molar-refractivity contribution is 5.93. The summed E-state index contributed by atoms with van der Waals surface area (Å²) in [6, 6.07) is 15.1. The molecule has 2 rings (SSSR count). The van der Waals surface area contributed by atoms with Crippen LogP contribution in [0.15, 0.2) is 48.5 Å². The number of anilines is 2. The average Bonchev–Trinajstić information content (AvgIpc) is 2.68. The predicted octanol–water partition coefficient (Wildman–Crippen LogP) is 5.09. The Kier molecular flexibility index (Phi) is 8.49. The molecule has 2 aromatic carbocycles. The lowest BCUT2D eigenvalue weighted by atomic mass is 10.2. The first-order valence-electron chi connectivity index (χ1n) is 9.64. The monoisotopic (exact) mass is 370 g/mol. The SMILES string of the molecule is CCCCOc1cccc(NCC(=O)Nc2ccc(OC(C)CC)cc2)c1. The maximum atomic E-state index is 12.2. The van der Waals surface area contributed by atoms with Crippen LogP contribution in [0.1, 0.15) is 40.0 Å². The molecule has 5 nitrogen and oxygen atoms in total. The normalized spacial score (nSPS) is 11.5. The zero-order valence-corrected chi connectivity index (χ0v) is 16.5. The van der Waals surface area contributed by atoms with Gasteiger partial charge in [0.25, 0.3) is 0 Å². The van der Waals surface area contributed by atoms with Gasteiger partial charge in [-0.1, -0.05) is 26.3 Å². The largest absolute Gasteiger partial charge is 0.494 e. The zero-order chi connectivity index (χ0) is 19.5. The second-order valence-electron chi connectivity index (χ2n) is 6.49. The van der Waals surface area contributed by atoms with E-state index >= 15 is 0 Å². The number of carbonyl (C=O) groups excluding carboxylic acids is 1. The van der Waals surface area contributed by atoms with Crippen LogP contribution in [0, 0.1) is 0 Å². The minimum atomic E-state index is -0.108. The Hall–Kier alpha value is -2.69. The first-order valence-corrected chi connectivity index (χ1v) is 9.64. The fraction of sp³-hybridized carbons (Fsp3) is 0.409. The van der Waals surface area contributed by atoms with E-state index < -0.39 is 0 Å². The van der Waals surface area contributed by atoms with E-state index in [1.165, 1.54) is 0 Å². The fourth-order valence-electron chi connectivity index (χ4n) is 2.35. The van der Waals surface area contributed by atoms with Crippen LogP contribution >= 0.6 is 0 Å². The first-order chi connectivity index (χ1) is 13.1. The van der Waals surface area contributed by atoms with Crippen molar-refractivity contribution in [1.29, 1.82) is 0 Å². The highest BCUT2D eigenvalue weighted by Gasteiger charge is 2.05. The average molecular weight is 370 g/mol. The molecule has 2 N–H and O–H groups in total. The number of nitrogens with one attached hydrogen (secondary N) is 2. The molecule has 0 aromatic heterocycles. The topological polar surface area (TPSA) is 59.6 Å². The maximum absolute atomic E-state index is 12.2. The van der Waals surface area contributed by atoms with Crippen LogP contribution in [0.5, 0.6) is 11.5 Å². The summed E-state index contributed by atoms with van der Waals surface area (Å²) in [5, 5.41) is 6.00. The molecular weight excluding hydrogens is 340 g/mol.